The van der Waals surface area contributed by atoms with Gasteiger partial charge in [-0.3, -0.25) is 29.1 Å². The summed E-state index contributed by atoms with van der Waals surface area (Å²) in [5.74, 6) is 0. The molecule has 2 rings (SSSR count). The van der Waals surface area contributed by atoms with Crippen LogP contribution in [0.2, 0.25) is 0 Å². The van der Waals surface area contributed by atoms with Crippen LogP contribution in [0.15, 0.2) is 29.3 Å². The molecule has 1 atom stereocenters. The molecule has 1 aromatic carbocycles. The van der Waals surface area contributed by atoms with E-state index in [1.54, 1.807) is 0 Å². The van der Waals surface area contributed by atoms with E-state index in [4.69, 9.17) is 18.9 Å². The van der Waals surface area contributed by atoms with E-state index in [1.807, 2.05) is 39.0 Å². The van der Waals surface area contributed by atoms with Crippen LogP contribution in [-0.2, 0) is 39.8 Å². The number of thiocarbonyl (C=S) groups is 1. The number of nitrogens with zero attached hydrogens (tertiary/aromatic N) is 4. The van der Waals surface area contributed by atoms with Crippen molar-refractivity contribution in [2.75, 3.05) is 66.1 Å². The number of benzene rings is 1. The molecule has 11 nitrogen and oxygen atoms in total. The van der Waals surface area contributed by atoms with E-state index in [2.05, 4.69) is 22.4 Å². The molecule has 0 bridgehead atoms. The van der Waals surface area contributed by atoms with Gasteiger partial charge in [-0.05, 0) is 36.3 Å². The van der Waals surface area contributed by atoms with Crippen LogP contribution in [-0.4, -0.2) is 111 Å². The molecule has 0 radical (unpaired) electrons. The lowest BCUT2D eigenvalue weighted by Gasteiger charge is -2.36. The van der Waals surface area contributed by atoms with Gasteiger partial charge in [0, 0.05) is 38.8 Å². The Labute approximate surface area is 204 Å². The fourth-order valence-corrected chi connectivity index (χ4v) is 3.70. The van der Waals surface area contributed by atoms with E-state index in [-0.39, 0.29) is 26.2 Å². The normalized spacial score (nSPS) is 19.0. The largest absolute Gasteiger partial charge is 0.452 e. The van der Waals surface area contributed by atoms with Gasteiger partial charge in [-0.1, -0.05) is 12.1 Å². The monoisotopic (exact) mass is 494 g/mol. The Morgan fingerprint density at radius 3 is 2.21 bits per heavy atom. The maximum atomic E-state index is 10.9. The molecule has 0 saturated carbocycles. The number of carbonyl (C=O) groups excluding carboxylic acids is 3. The zero-order chi connectivity index (χ0) is 24.4. The standard InChI is InChI=1S/C22H30N4O7S/c27-17-31-14-24-5-6-25(15-32-18-28)12-22(11-20-1-3-21(4-2-20)23-13-34)26(16-33-19-29)8-10-30-9-7-24/h1-4,17-19,22H,5-12,14-16H2/t22-/m0/s1. The minimum atomic E-state index is -0.0854. The lowest BCUT2D eigenvalue weighted by molar-refractivity contribution is -0.138. The summed E-state index contributed by atoms with van der Waals surface area (Å²) < 4.78 is 20.8. The topological polar surface area (TPSA) is 110 Å². The highest BCUT2D eigenvalue weighted by Gasteiger charge is 2.24. The summed E-state index contributed by atoms with van der Waals surface area (Å²) in [4.78, 5) is 42.3. The van der Waals surface area contributed by atoms with E-state index < -0.39 is 0 Å². The molecule has 12 heteroatoms. The van der Waals surface area contributed by atoms with Gasteiger partial charge in [0.1, 0.15) is 20.2 Å². The second-order valence-corrected chi connectivity index (χ2v) is 7.71. The summed E-state index contributed by atoms with van der Waals surface area (Å²) in [6.45, 7) is 5.21. The molecule has 1 fully saturated rings. The SMILES string of the molecule is O=COCN1CCOCCN(COC=O)[C@@H](Cc2ccc(N=C=S)cc2)CN(COC=O)CC1. The van der Waals surface area contributed by atoms with Gasteiger partial charge in [-0.25, -0.2) is 0 Å². The van der Waals surface area contributed by atoms with Crippen molar-refractivity contribution in [2.24, 2.45) is 4.99 Å². The van der Waals surface area contributed by atoms with Crippen LogP contribution >= 0.6 is 12.2 Å². The molecule has 1 heterocycles. The van der Waals surface area contributed by atoms with Crippen LogP contribution in [0, 0.1) is 0 Å². The zero-order valence-electron chi connectivity index (χ0n) is 19.0. The van der Waals surface area contributed by atoms with Crippen LogP contribution in [0.3, 0.4) is 0 Å². The molecule has 1 aromatic rings. The molecule has 186 valence electrons. The second-order valence-electron chi connectivity index (χ2n) is 7.52. The van der Waals surface area contributed by atoms with Crippen molar-refractivity contribution in [3.05, 3.63) is 29.8 Å². The third-order valence-corrected chi connectivity index (χ3v) is 5.42. The Morgan fingerprint density at radius 2 is 1.53 bits per heavy atom. The maximum absolute atomic E-state index is 10.9. The van der Waals surface area contributed by atoms with Gasteiger partial charge in [-0.15, -0.1) is 0 Å². The third kappa shape index (κ3) is 10.5. The third-order valence-electron chi connectivity index (χ3n) is 5.33. The van der Waals surface area contributed by atoms with E-state index >= 15 is 0 Å². The number of ether oxygens (including phenoxy) is 4. The molecular formula is C22H30N4O7S. The van der Waals surface area contributed by atoms with Crippen molar-refractivity contribution >= 4 is 42.5 Å². The first kappa shape index (κ1) is 27.5. The zero-order valence-corrected chi connectivity index (χ0v) is 19.8. The Morgan fingerprint density at radius 1 is 0.912 bits per heavy atom. The van der Waals surface area contributed by atoms with Crippen molar-refractivity contribution in [3.8, 4) is 0 Å². The summed E-state index contributed by atoms with van der Waals surface area (Å²) in [5.41, 5.74) is 1.76. The Bertz CT molecular complexity index is 792. The predicted molar refractivity (Wildman–Crippen MR) is 125 cm³/mol. The average molecular weight is 495 g/mol. The highest BCUT2D eigenvalue weighted by Crippen LogP contribution is 2.17. The van der Waals surface area contributed by atoms with E-state index in [0.29, 0.717) is 77.5 Å². The molecule has 0 unspecified atom stereocenters. The summed E-state index contributed by atoms with van der Waals surface area (Å²) in [7, 11) is 0. The van der Waals surface area contributed by atoms with E-state index in [1.165, 1.54) is 0 Å². The van der Waals surface area contributed by atoms with Crippen molar-refractivity contribution in [3.63, 3.8) is 0 Å². The Hall–Kier alpha value is -2.73. The van der Waals surface area contributed by atoms with Gasteiger partial charge < -0.3 is 18.9 Å². The lowest BCUT2D eigenvalue weighted by Crippen LogP contribution is -2.50. The van der Waals surface area contributed by atoms with Gasteiger partial charge in [0.2, 0.25) is 0 Å². The average Bonchev–Trinajstić information content (AvgIpc) is 2.85. The molecule has 1 saturated heterocycles. The number of carbonyl (C=O) groups is 3. The molecule has 1 aliphatic rings. The molecule has 34 heavy (non-hydrogen) atoms. The number of rotatable bonds is 12. The fraction of sp³-hybridized carbons (Fsp3) is 0.545. The van der Waals surface area contributed by atoms with E-state index in [9.17, 15) is 14.4 Å². The van der Waals surface area contributed by atoms with Gasteiger partial charge in [0.15, 0.2) is 0 Å². The minimum absolute atomic E-state index is 0.0854. The summed E-state index contributed by atoms with van der Waals surface area (Å²) >= 11 is 4.66. The molecule has 0 amide bonds. The van der Waals surface area contributed by atoms with Crippen LogP contribution in [0.1, 0.15) is 5.56 Å². The van der Waals surface area contributed by atoms with Crippen molar-refractivity contribution in [2.45, 2.75) is 12.5 Å². The van der Waals surface area contributed by atoms with Gasteiger partial charge >= 0.3 is 0 Å². The number of hydrogen-bond acceptors (Lipinski definition) is 12. The predicted octanol–water partition coefficient (Wildman–Crippen LogP) is 0.660. The fourth-order valence-electron chi connectivity index (χ4n) is 3.60. The second kappa shape index (κ2) is 16.8. The molecule has 0 spiro atoms. The maximum Gasteiger partial charge on any atom is 0.294 e. The highest BCUT2D eigenvalue weighted by molar-refractivity contribution is 7.78. The Kier molecular flexibility index (Phi) is 13.6. The number of hydrogen-bond donors (Lipinski definition) is 0. The first-order chi connectivity index (χ1) is 16.7. The number of isothiocyanates is 1. The molecular weight excluding hydrogens is 464 g/mol. The van der Waals surface area contributed by atoms with Gasteiger partial charge in [0.05, 0.1) is 24.1 Å². The first-order valence-corrected chi connectivity index (χ1v) is 11.2. The van der Waals surface area contributed by atoms with Crippen LogP contribution in [0.4, 0.5) is 5.69 Å². The lowest BCUT2D eigenvalue weighted by atomic mass is 10.0. The van der Waals surface area contributed by atoms with Crippen LogP contribution in [0.25, 0.3) is 0 Å². The van der Waals surface area contributed by atoms with Crippen molar-refractivity contribution in [1.82, 2.24) is 14.7 Å². The summed E-state index contributed by atoms with van der Waals surface area (Å²) in [6, 6.07) is 7.55. The van der Waals surface area contributed by atoms with Crippen molar-refractivity contribution < 1.29 is 33.3 Å². The van der Waals surface area contributed by atoms with Crippen LogP contribution < -0.4 is 0 Å². The molecule has 0 N–H and O–H groups in total. The van der Waals surface area contributed by atoms with Crippen molar-refractivity contribution in [1.29, 1.82) is 0 Å². The summed E-state index contributed by atoms with van der Waals surface area (Å²) in [6.07, 6.45) is 0.638. The minimum Gasteiger partial charge on any atom is -0.452 e. The first-order valence-electron chi connectivity index (χ1n) is 10.8. The quantitative estimate of drug-likeness (QED) is 0.177. The highest BCUT2D eigenvalue weighted by atomic mass is 32.1. The Balaban J connectivity index is 2.23. The molecule has 0 aromatic heterocycles. The van der Waals surface area contributed by atoms with Gasteiger partial charge in [0.25, 0.3) is 19.4 Å². The van der Waals surface area contributed by atoms with Gasteiger partial charge in [-0.2, -0.15) is 4.99 Å². The van der Waals surface area contributed by atoms with Crippen LogP contribution in [0.5, 0.6) is 0 Å². The smallest absolute Gasteiger partial charge is 0.294 e. The van der Waals surface area contributed by atoms with E-state index in [0.717, 1.165) is 5.56 Å². The number of aliphatic imine (C=N–C) groups is 1. The molecule has 0 aliphatic carbocycles. The molecule has 1 aliphatic heterocycles. The summed E-state index contributed by atoms with van der Waals surface area (Å²) in [5, 5.41) is 2.35.